The molecule has 9 heteroatoms. The van der Waals surface area contributed by atoms with Crippen molar-refractivity contribution in [1.82, 2.24) is 9.97 Å². The van der Waals surface area contributed by atoms with Gasteiger partial charge in [0.1, 0.15) is 0 Å². The zero-order valence-electron chi connectivity index (χ0n) is 11.3. The first-order valence-corrected chi connectivity index (χ1v) is 9.24. The van der Waals surface area contributed by atoms with Gasteiger partial charge in [-0.2, -0.15) is 0 Å². The number of nitrogens with one attached hydrogen (secondary N) is 1. The van der Waals surface area contributed by atoms with Gasteiger partial charge in [-0.05, 0) is 24.3 Å². The molecular formula is C14H8Cl3N3OS2. The molecule has 3 aromatic rings. The number of aromatic nitrogens is 2. The van der Waals surface area contributed by atoms with Crippen LogP contribution in [-0.2, 0) is 4.79 Å². The summed E-state index contributed by atoms with van der Waals surface area (Å²) in [6, 6.07) is 7.05. The second-order valence-corrected chi connectivity index (χ2v) is 7.95. The Balaban J connectivity index is 1.63. The molecule has 23 heavy (non-hydrogen) atoms. The van der Waals surface area contributed by atoms with Gasteiger partial charge in [-0.1, -0.05) is 46.6 Å². The van der Waals surface area contributed by atoms with Gasteiger partial charge in [0.15, 0.2) is 10.2 Å². The number of thioether (sulfide) groups is 1. The average molecular weight is 405 g/mol. The molecule has 118 valence electrons. The highest BCUT2D eigenvalue weighted by molar-refractivity contribution is 8.01. The second-order valence-electron chi connectivity index (χ2n) is 4.41. The van der Waals surface area contributed by atoms with E-state index in [-0.39, 0.29) is 17.5 Å². The van der Waals surface area contributed by atoms with Crippen LogP contribution in [0.3, 0.4) is 0 Å². The van der Waals surface area contributed by atoms with E-state index in [4.69, 9.17) is 34.8 Å². The Kier molecular flexibility index (Phi) is 5.28. The Hall–Kier alpha value is -1.05. The average Bonchev–Trinajstić information content (AvgIpc) is 2.90. The quantitative estimate of drug-likeness (QED) is 0.593. The van der Waals surface area contributed by atoms with Crippen LogP contribution in [0.25, 0.3) is 10.2 Å². The lowest BCUT2D eigenvalue weighted by atomic mass is 10.3. The minimum atomic E-state index is -0.219. The normalized spacial score (nSPS) is 10.9. The Labute approximate surface area is 155 Å². The third-order valence-electron chi connectivity index (χ3n) is 2.72. The number of pyridine rings is 1. The van der Waals surface area contributed by atoms with E-state index >= 15 is 0 Å². The molecule has 2 aromatic heterocycles. The molecule has 0 aliphatic heterocycles. The summed E-state index contributed by atoms with van der Waals surface area (Å²) in [5, 5.41) is 3.99. The van der Waals surface area contributed by atoms with Crippen molar-refractivity contribution in [2.45, 2.75) is 4.34 Å². The maximum absolute atomic E-state index is 12.0. The minimum Gasteiger partial charge on any atom is -0.309 e. The van der Waals surface area contributed by atoms with Crippen LogP contribution in [-0.4, -0.2) is 21.6 Å². The van der Waals surface area contributed by atoms with Crippen LogP contribution in [0.1, 0.15) is 0 Å². The van der Waals surface area contributed by atoms with Crippen molar-refractivity contribution in [1.29, 1.82) is 0 Å². The zero-order chi connectivity index (χ0) is 16.4. The van der Waals surface area contributed by atoms with Crippen molar-refractivity contribution in [2.75, 3.05) is 11.1 Å². The molecule has 3 rings (SSSR count). The number of fused-ring (bicyclic) bond motifs is 1. The summed E-state index contributed by atoms with van der Waals surface area (Å²) in [5.74, 6) is 0.274. The smallest absolute Gasteiger partial charge is 0.236 e. The minimum absolute atomic E-state index is 0.203. The highest BCUT2D eigenvalue weighted by Crippen LogP contribution is 2.31. The molecule has 0 spiro atoms. The van der Waals surface area contributed by atoms with E-state index in [1.165, 1.54) is 35.4 Å². The number of hydrogen-bond acceptors (Lipinski definition) is 5. The molecule has 0 fully saturated rings. The number of carbonyl (C=O) groups is 1. The van der Waals surface area contributed by atoms with Gasteiger partial charge < -0.3 is 5.32 Å². The van der Waals surface area contributed by atoms with Crippen LogP contribution in [0.4, 0.5) is 5.82 Å². The van der Waals surface area contributed by atoms with E-state index in [0.29, 0.717) is 15.1 Å². The molecule has 4 nitrogen and oxygen atoms in total. The van der Waals surface area contributed by atoms with E-state index in [2.05, 4.69) is 15.3 Å². The van der Waals surface area contributed by atoms with Crippen molar-refractivity contribution in [3.05, 3.63) is 45.5 Å². The van der Waals surface area contributed by atoms with Crippen molar-refractivity contribution in [2.24, 2.45) is 0 Å². The molecule has 0 aliphatic carbocycles. The van der Waals surface area contributed by atoms with E-state index in [0.717, 1.165) is 14.6 Å². The maximum Gasteiger partial charge on any atom is 0.236 e. The first-order valence-electron chi connectivity index (χ1n) is 6.31. The monoisotopic (exact) mass is 403 g/mol. The third-order valence-corrected chi connectivity index (χ3v) is 5.63. The topological polar surface area (TPSA) is 54.9 Å². The van der Waals surface area contributed by atoms with Gasteiger partial charge >= 0.3 is 0 Å². The van der Waals surface area contributed by atoms with Gasteiger partial charge in [0.25, 0.3) is 0 Å². The zero-order valence-corrected chi connectivity index (χ0v) is 15.2. The number of rotatable bonds is 4. The fourth-order valence-corrected chi connectivity index (χ4v) is 4.19. The van der Waals surface area contributed by atoms with Gasteiger partial charge in [0, 0.05) is 11.2 Å². The van der Waals surface area contributed by atoms with Gasteiger partial charge in [0.05, 0.1) is 26.0 Å². The fraction of sp³-hybridized carbons (Fsp3) is 0.0714. The summed E-state index contributed by atoms with van der Waals surface area (Å²) in [6.07, 6.45) is 1.42. The molecule has 0 saturated heterocycles. The van der Waals surface area contributed by atoms with Gasteiger partial charge in [-0.25, -0.2) is 9.97 Å². The van der Waals surface area contributed by atoms with Crippen LogP contribution in [0.15, 0.2) is 34.8 Å². The first kappa shape index (κ1) is 16.8. The van der Waals surface area contributed by atoms with Crippen LogP contribution in [0.2, 0.25) is 15.1 Å². The highest BCUT2D eigenvalue weighted by atomic mass is 35.5. The summed E-state index contributed by atoms with van der Waals surface area (Å²) < 4.78 is 1.83. The molecule has 0 bridgehead atoms. The number of nitrogens with zero attached hydrogens (tertiary/aromatic N) is 2. The summed E-state index contributed by atoms with van der Waals surface area (Å²) in [5.41, 5.74) is 0.827. The fourth-order valence-electron chi connectivity index (χ4n) is 1.74. The number of thiazole rings is 1. The summed E-state index contributed by atoms with van der Waals surface area (Å²) in [6.45, 7) is 0. The SMILES string of the molecule is O=C(CSc1nc2cc(Cl)ccc2s1)Nc1ncc(Cl)cc1Cl. The maximum atomic E-state index is 12.0. The largest absolute Gasteiger partial charge is 0.309 e. The Bertz CT molecular complexity index is 885. The molecule has 1 N–H and O–H groups in total. The highest BCUT2D eigenvalue weighted by Gasteiger charge is 2.11. The van der Waals surface area contributed by atoms with Crippen LogP contribution < -0.4 is 5.32 Å². The number of hydrogen-bond donors (Lipinski definition) is 1. The first-order chi connectivity index (χ1) is 11.0. The standard InChI is InChI=1S/C14H8Cl3N3OS2/c15-7-1-2-11-10(4-7)19-14(23-11)22-6-12(21)20-13-9(17)3-8(16)5-18-13/h1-5H,6H2,(H,18,20,21). The van der Waals surface area contributed by atoms with E-state index < -0.39 is 0 Å². The van der Waals surface area contributed by atoms with Crippen molar-refractivity contribution < 1.29 is 4.79 Å². The van der Waals surface area contributed by atoms with E-state index in [1.807, 2.05) is 12.1 Å². The Morgan fingerprint density at radius 2 is 2.04 bits per heavy atom. The number of benzene rings is 1. The Morgan fingerprint density at radius 3 is 2.83 bits per heavy atom. The molecule has 0 atom stereocenters. The lowest BCUT2D eigenvalue weighted by Crippen LogP contribution is -2.15. The molecule has 1 amide bonds. The van der Waals surface area contributed by atoms with Crippen molar-refractivity contribution in [3.8, 4) is 0 Å². The van der Waals surface area contributed by atoms with Crippen LogP contribution in [0, 0.1) is 0 Å². The molecule has 0 aliphatic rings. The van der Waals surface area contributed by atoms with Crippen LogP contribution >= 0.6 is 57.9 Å². The predicted molar refractivity (Wildman–Crippen MR) is 98.2 cm³/mol. The molecule has 0 unspecified atom stereocenters. The summed E-state index contributed by atoms with van der Waals surface area (Å²) in [4.78, 5) is 20.4. The van der Waals surface area contributed by atoms with Gasteiger partial charge in [-0.15, -0.1) is 11.3 Å². The molecular weight excluding hydrogens is 397 g/mol. The number of amides is 1. The third kappa shape index (κ3) is 4.28. The number of carbonyl (C=O) groups excluding carboxylic acids is 1. The predicted octanol–water partition coefficient (Wildman–Crippen LogP) is 5.38. The van der Waals surface area contributed by atoms with Crippen LogP contribution in [0.5, 0.6) is 0 Å². The number of anilines is 1. The van der Waals surface area contributed by atoms with Crippen molar-refractivity contribution >= 4 is 79.8 Å². The van der Waals surface area contributed by atoms with E-state index in [1.54, 1.807) is 6.07 Å². The summed E-state index contributed by atoms with van der Waals surface area (Å²) in [7, 11) is 0. The molecule has 1 aromatic carbocycles. The molecule has 0 saturated carbocycles. The lowest BCUT2D eigenvalue weighted by molar-refractivity contribution is -0.113. The molecule has 0 radical (unpaired) electrons. The Morgan fingerprint density at radius 1 is 1.22 bits per heavy atom. The summed E-state index contributed by atoms with van der Waals surface area (Å²) >= 11 is 20.5. The molecule has 2 heterocycles. The van der Waals surface area contributed by atoms with Gasteiger partial charge in [0.2, 0.25) is 5.91 Å². The van der Waals surface area contributed by atoms with Crippen molar-refractivity contribution in [3.63, 3.8) is 0 Å². The van der Waals surface area contributed by atoms with E-state index in [9.17, 15) is 4.79 Å². The lowest BCUT2D eigenvalue weighted by Gasteiger charge is -2.05. The second kappa shape index (κ2) is 7.23. The number of halogens is 3. The van der Waals surface area contributed by atoms with Gasteiger partial charge in [-0.3, -0.25) is 4.79 Å².